The van der Waals surface area contributed by atoms with Crippen molar-refractivity contribution in [3.8, 4) is 0 Å². The molecule has 0 aliphatic heterocycles. The summed E-state index contributed by atoms with van der Waals surface area (Å²) in [5, 5.41) is 18.6. The molecule has 0 saturated carbocycles. The Morgan fingerprint density at radius 2 is 1.73 bits per heavy atom. The molecule has 0 fully saturated rings. The van der Waals surface area contributed by atoms with Crippen LogP contribution in [0.5, 0.6) is 0 Å². The van der Waals surface area contributed by atoms with Crippen LogP contribution in [0.15, 0.2) is 24.3 Å². The summed E-state index contributed by atoms with van der Waals surface area (Å²) in [5.41, 5.74) is 0.799. The second kappa shape index (κ2) is 7.40. The number of aliphatic hydroxyl groups excluding tert-OH is 1. The van der Waals surface area contributed by atoms with Gasteiger partial charge in [0.25, 0.3) is 5.91 Å². The first-order valence-electron chi connectivity index (χ1n) is 7.48. The van der Waals surface area contributed by atoms with E-state index in [2.05, 4.69) is 0 Å². The van der Waals surface area contributed by atoms with Crippen LogP contribution in [0.3, 0.4) is 0 Å². The Balaban J connectivity index is 2.96. The van der Waals surface area contributed by atoms with E-state index >= 15 is 0 Å². The fourth-order valence-electron chi connectivity index (χ4n) is 2.19. The summed E-state index contributed by atoms with van der Waals surface area (Å²) in [4.78, 5) is 25.0. The molecule has 2 N–H and O–H groups in total. The maximum absolute atomic E-state index is 12.6. The minimum Gasteiger partial charge on any atom is -0.481 e. The zero-order chi connectivity index (χ0) is 16.9. The maximum Gasteiger partial charge on any atom is 0.305 e. The Bertz CT molecular complexity index is 516. The van der Waals surface area contributed by atoms with E-state index in [1.165, 1.54) is 0 Å². The molecule has 0 aliphatic rings. The molecule has 0 heterocycles. The minimum atomic E-state index is -0.927. The van der Waals surface area contributed by atoms with Gasteiger partial charge < -0.3 is 15.1 Å². The van der Waals surface area contributed by atoms with Gasteiger partial charge in [-0.15, -0.1) is 0 Å². The van der Waals surface area contributed by atoms with E-state index in [1.807, 2.05) is 27.7 Å². The van der Waals surface area contributed by atoms with Gasteiger partial charge in [0, 0.05) is 17.6 Å². The first kappa shape index (κ1) is 18.2. The van der Waals surface area contributed by atoms with Gasteiger partial charge in [0.1, 0.15) is 0 Å². The fraction of sp³-hybridized carbons (Fsp3) is 0.529. The van der Waals surface area contributed by atoms with E-state index in [0.717, 1.165) is 5.56 Å². The molecule has 22 heavy (non-hydrogen) atoms. The molecule has 1 rings (SSSR count). The van der Waals surface area contributed by atoms with Crippen LogP contribution in [-0.4, -0.2) is 39.1 Å². The van der Waals surface area contributed by atoms with Crippen molar-refractivity contribution in [1.29, 1.82) is 0 Å². The highest BCUT2D eigenvalue weighted by Gasteiger charge is 2.27. The van der Waals surface area contributed by atoms with Crippen LogP contribution >= 0.6 is 0 Å². The quantitative estimate of drug-likeness (QED) is 0.847. The fourth-order valence-corrected chi connectivity index (χ4v) is 2.19. The number of carboxylic acids is 1. The lowest BCUT2D eigenvalue weighted by molar-refractivity contribution is -0.137. The Hall–Kier alpha value is -1.88. The largest absolute Gasteiger partial charge is 0.481 e. The summed E-state index contributed by atoms with van der Waals surface area (Å²) < 4.78 is 0. The van der Waals surface area contributed by atoms with Crippen LogP contribution in [0.1, 0.15) is 62.6 Å². The number of hydrogen-bond donors (Lipinski definition) is 2. The van der Waals surface area contributed by atoms with E-state index in [9.17, 15) is 14.7 Å². The highest BCUT2D eigenvalue weighted by Crippen LogP contribution is 2.21. The molecule has 122 valence electrons. The predicted molar refractivity (Wildman–Crippen MR) is 84.7 cm³/mol. The molecular formula is C17H25NO4. The van der Waals surface area contributed by atoms with Crippen molar-refractivity contribution in [3.63, 3.8) is 0 Å². The molecule has 0 radical (unpaired) electrons. The summed E-state index contributed by atoms with van der Waals surface area (Å²) in [7, 11) is 0. The van der Waals surface area contributed by atoms with Crippen molar-refractivity contribution in [2.24, 2.45) is 0 Å². The van der Waals surface area contributed by atoms with E-state index in [-0.39, 0.29) is 18.9 Å². The van der Waals surface area contributed by atoms with Gasteiger partial charge in [0.15, 0.2) is 0 Å². The van der Waals surface area contributed by atoms with Crippen molar-refractivity contribution < 1.29 is 19.8 Å². The number of carbonyl (C=O) groups is 2. The van der Waals surface area contributed by atoms with Gasteiger partial charge in [-0.1, -0.05) is 19.1 Å². The zero-order valence-electron chi connectivity index (χ0n) is 13.7. The topological polar surface area (TPSA) is 77.8 Å². The second-order valence-corrected chi connectivity index (χ2v) is 6.32. The highest BCUT2D eigenvalue weighted by atomic mass is 16.4. The monoisotopic (exact) mass is 307 g/mol. The molecular weight excluding hydrogens is 282 g/mol. The van der Waals surface area contributed by atoms with Crippen molar-refractivity contribution in [1.82, 2.24) is 4.90 Å². The lowest BCUT2D eigenvalue weighted by atomic mass is 10.0. The lowest BCUT2D eigenvalue weighted by Gasteiger charge is -2.35. The molecule has 5 heteroatoms. The van der Waals surface area contributed by atoms with Gasteiger partial charge in [0.05, 0.1) is 12.5 Å². The molecule has 0 saturated heterocycles. The van der Waals surface area contributed by atoms with E-state index in [0.29, 0.717) is 12.0 Å². The van der Waals surface area contributed by atoms with Crippen molar-refractivity contribution in [2.75, 3.05) is 6.54 Å². The zero-order valence-corrected chi connectivity index (χ0v) is 13.7. The second-order valence-electron chi connectivity index (χ2n) is 6.32. The molecule has 0 bridgehead atoms. The van der Waals surface area contributed by atoms with Crippen LogP contribution in [0.4, 0.5) is 0 Å². The van der Waals surface area contributed by atoms with Crippen LogP contribution in [0.25, 0.3) is 0 Å². The van der Waals surface area contributed by atoms with E-state index in [1.54, 1.807) is 29.2 Å². The van der Waals surface area contributed by atoms with Gasteiger partial charge >= 0.3 is 5.97 Å². The Kier molecular flexibility index (Phi) is 6.11. The minimum absolute atomic E-state index is 0.0877. The number of rotatable bonds is 6. The molecule has 1 atom stereocenters. The molecule has 1 aromatic carbocycles. The summed E-state index contributed by atoms with van der Waals surface area (Å²) in [5.74, 6) is -1.13. The van der Waals surface area contributed by atoms with Crippen LogP contribution in [-0.2, 0) is 4.79 Å². The number of benzene rings is 1. The Morgan fingerprint density at radius 1 is 1.18 bits per heavy atom. The number of nitrogens with zero attached hydrogens (tertiary/aromatic N) is 1. The summed E-state index contributed by atoms with van der Waals surface area (Å²) in [6.07, 6.45) is -0.00904. The van der Waals surface area contributed by atoms with Crippen LogP contribution in [0.2, 0.25) is 0 Å². The summed E-state index contributed by atoms with van der Waals surface area (Å²) in [6.45, 7) is 7.68. The van der Waals surface area contributed by atoms with Crippen LogP contribution in [0, 0.1) is 0 Å². The average Bonchev–Trinajstić information content (AvgIpc) is 2.44. The predicted octanol–water partition coefficient (Wildman–Crippen LogP) is 2.85. The third-order valence-corrected chi connectivity index (χ3v) is 3.53. The molecule has 0 aromatic heterocycles. The van der Waals surface area contributed by atoms with E-state index < -0.39 is 17.6 Å². The van der Waals surface area contributed by atoms with E-state index in [4.69, 9.17) is 5.11 Å². The Labute approximate surface area is 131 Å². The normalized spacial score (nSPS) is 12.8. The molecule has 1 aromatic rings. The number of aliphatic hydroxyl groups is 1. The molecule has 5 nitrogen and oxygen atoms in total. The van der Waals surface area contributed by atoms with Gasteiger partial charge in [-0.3, -0.25) is 9.59 Å². The molecule has 0 spiro atoms. The van der Waals surface area contributed by atoms with Crippen molar-refractivity contribution in [3.05, 3.63) is 35.4 Å². The molecule has 1 amide bonds. The van der Waals surface area contributed by atoms with Gasteiger partial charge in [-0.2, -0.15) is 0 Å². The summed E-state index contributed by atoms with van der Waals surface area (Å²) in [6, 6.07) is 6.82. The van der Waals surface area contributed by atoms with Gasteiger partial charge in [0.2, 0.25) is 0 Å². The Morgan fingerprint density at radius 3 is 2.14 bits per heavy atom. The number of carbonyl (C=O) groups excluding carboxylic acids is 1. The number of carboxylic acid groups (broad SMARTS) is 1. The van der Waals surface area contributed by atoms with Gasteiger partial charge in [-0.05, 0) is 44.9 Å². The number of hydrogen-bond acceptors (Lipinski definition) is 3. The van der Waals surface area contributed by atoms with Crippen LogP contribution < -0.4 is 0 Å². The molecule has 0 aliphatic carbocycles. The summed E-state index contributed by atoms with van der Waals surface area (Å²) >= 11 is 0. The SMILES string of the molecule is CCC(O)c1ccc(C(=O)N(CCC(=O)O)C(C)(C)C)cc1. The average molecular weight is 307 g/mol. The third-order valence-electron chi connectivity index (χ3n) is 3.53. The first-order chi connectivity index (χ1) is 10.2. The number of amides is 1. The smallest absolute Gasteiger partial charge is 0.305 e. The third kappa shape index (κ3) is 4.84. The molecule has 1 unspecified atom stereocenters. The maximum atomic E-state index is 12.6. The number of aliphatic carboxylic acids is 1. The van der Waals surface area contributed by atoms with Gasteiger partial charge in [-0.25, -0.2) is 0 Å². The van der Waals surface area contributed by atoms with Crippen molar-refractivity contribution in [2.45, 2.75) is 52.2 Å². The highest BCUT2D eigenvalue weighted by molar-refractivity contribution is 5.95. The first-order valence-corrected chi connectivity index (χ1v) is 7.48. The lowest BCUT2D eigenvalue weighted by Crippen LogP contribution is -2.46. The standard InChI is InChI=1S/C17H25NO4/c1-5-14(19)12-6-8-13(9-7-12)16(22)18(17(2,3)4)11-10-15(20)21/h6-9,14,19H,5,10-11H2,1-4H3,(H,20,21). The van der Waals surface area contributed by atoms with Crippen molar-refractivity contribution >= 4 is 11.9 Å².